The molecule has 0 bridgehead atoms. The lowest BCUT2D eigenvalue weighted by molar-refractivity contribution is 0.0675. The smallest absolute Gasteiger partial charge is 0.255 e. The number of hydrogen-bond donors (Lipinski definition) is 1. The molecule has 1 aromatic rings. The Balaban J connectivity index is 2.16. The average Bonchev–Trinajstić information content (AvgIpc) is 2.67. The van der Waals surface area contributed by atoms with Crippen LogP contribution in [0.5, 0.6) is 0 Å². The molecule has 110 valence electrons. The summed E-state index contributed by atoms with van der Waals surface area (Å²) >= 11 is 0. The van der Waals surface area contributed by atoms with Gasteiger partial charge in [-0.05, 0) is 38.6 Å². The maximum Gasteiger partial charge on any atom is 0.255 e. The molecular formula is C15H24N4O. The zero-order valence-corrected chi connectivity index (χ0v) is 12.6. The van der Waals surface area contributed by atoms with Crippen LogP contribution < -0.4 is 5.32 Å². The first-order chi connectivity index (χ1) is 9.65. The predicted octanol–water partition coefficient (Wildman–Crippen LogP) is 1.68. The van der Waals surface area contributed by atoms with E-state index in [1.807, 2.05) is 24.1 Å². The summed E-state index contributed by atoms with van der Waals surface area (Å²) in [6.45, 7) is 4.98. The third-order valence-corrected chi connectivity index (χ3v) is 3.90. The number of likely N-dealkylation sites (N-methyl/N-ethyl adjacent to an activating group) is 1. The zero-order valence-electron chi connectivity index (χ0n) is 12.6. The summed E-state index contributed by atoms with van der Waals surface area (Å²) in [6, 6.07) is 3.99. The fourth-order valence-corrected chi connectivity index (χ4v) is 2.69. The second-order valence-electron chi connectivity index (χ2n) is 5.36. The van der Waals surface area contributed by atoms with E-state index in [9.17, 15) is 4.79 Å². The second-order valence-corrected chi connectivity index (χ2v) is 5.36. The molecule has 0 spiro atoms. The van der Waals surface area contributed by atoms with Gasteiger partial charge in [0.15, 0.2) is 0 Å². The predicted molar refractivity (Wildman–Crippen MR) is 81.0 cm³/mol. The molecule has 0 aromatic carbocycles. The summed E-state index contributed by atoms with van der Waals surface area (Å²) in [4.78, 5) is 21.2. The highest BCUT2D eigenvalue weighted by Gasteiger charge is 2.26. The summed E-state index contributed by atoms with van der Waals surface area (Å²) in [7, 11) is 3.95. The van der Waals surface area contributed by atoms with Gasteiger partial charge in [-0.15, -0.1) is 0 Å². The van der Waals surface area contributed by atoms with E-state index < -0.39 is 0 Å². The molecule has 2 rings (SSSR count). The first-order valence-electron chi connectivity index (χ1n) is 7.29. The molecule has 1 unspecified atom stereocenters. The molecule has 1 aliphatic rings. The number of hydrogen-bond acceptors (Lipinski definition) is 4. The normalized spacial score (nSPS) is 20.6. The van der Waals surface area contributed by atoms with Crippen LogP contribution >= 0.6 is 0 Å². The van der Waals surface area contributed by atoms with Crippen molar-refractivity contribution in [3.63, 3.8) is 0 Å². The average molecular weight is 276 g/mol. The van der Waals surface area contributed by atoms with E-state index >= 15 is 0 Å². The zero-order chi connectivity index (χ0) is 14.5. The standard InChI is InChI=1S/C15H24N4O/c1-4-13-11-18(3)8-5-9-19(13)15(20)12-6-7-14(16-2)17-10-12/h6-7,10,13H,4-5,8-9,11H2,1-3H3,(H,16,17). The van der Waals surface area contributed by atoms with Gasteiger partial charge in [0.1, 0.15) is 5.82 Å². The van der Waals surface area contributed by atoms with Crippen LogP contribution in [0.2, 0.25) is 0 Å². The molecule has 2 heterocycles. The molecule has 1 amide bonds. The van der Waals surface area contributed by atoms with Gasteiger partial charge in [0.25, 0.3) is 5.91 Å². The van der Waals surface area contributed by atoms with Crippen LogP contribution in [0.25, 0.3) is 0 Å². The number of aromatic nitrogens is 1. The Bertz CT molecular complexity index is 446. The molecule has 1 N–H and O–H groups in total. The molecule has 0 radical (unpaired) electrons. The molecule has 1 aromatic heterocycles. The summed E-state index contributed by atoms with van der Waals surface area (Å²) in [5, 5.41) is 2.97. The lowest BCUT2D eigenvalue weighted by Gasteiger charge is -2.30. The van der Waals surface area contributed by atoms with E-state index in [-0.39, 0.29) is 5.91 Å². The Kier molecular flexibility index (Phi) is 4.95. The number of nitrogens with one attached hydrogen (secondary N) is 1. The largest absolute Gasteiger partial charge is 0.373 e. The summed E-state index contributed by atoms with van der Waals surface area (Å²) in [6.07, 6.45) is 3.67. The van der Waals surface area contributed by atoms with E-state index in [0.29, 0.717) is 11.6 Å². The Labute approximate surface area is 121 Å². The van der Waals surface area contributed by atoms with E-state index in [2.05, 4.69) is 29.2 Å². The number of anilines is 1. The number of carbonyl (C=O) groups excluding carboxylic acids is 1. The number of pyridine rings is 1. The Morgan fingerprint density at radius 2 is 2.25 bits per heavy atom. The van der Waals surface area contributed by atoms with Crippen molar-refractivity contribution in [3.05, 3.63) is 23.9 Å². The molecule has 1 saturated heterocycles. The minimum Gasteiger partial charge on any atom is -0.373 e. The van der Waals surface area contributed by atoms with Crippen molar-refractivity contribution in [2.75, 3.05) is 39.0 Å². The molecule has 5 heteroatoms. The van der Waals surface area contributed by atoms with Gasteiger partial charge in [-0.25, -0.2) is 4.98 Å². The van der Waals surface area contributed by atoms with Gasteiger partial charge in [-0.1, -0.05) is 6.92 Å². The fourth-order valence-electron chi connectivity index (χ4n) is 2.69. The Hall–Kier alpha value is -1.62. The Morgan fingerprint density at radius 3 is 2.85 bits per heavy atom. The molecule has 1 atom stereocenters. The van der Waals surface area contributed by atoms with Crippen molar-refractivity contribution in [2.24, 2.45) is 0 Å². The van der Waals surface area contributed by atoms with Crippen LogP contribution in [0.1, 0.15) is 30.1 Å². The first-order valence-corrected chi connectivity index (χ1v) is 7.29. The molecule has 20 heavy (non-hydrogen) atoms. The Morgan fingerprint density at radius 1 is 1.45 bits per heavy atom. The van der Waals surface area contributed by atoms with Crippen molar-refractivity contribution in [1.82, 2.24) is 14.8 Å². The van der Waals surface area contributed by atoms with Crippen LogP contribution in [0.3, 0.4) is 0 Å². The number of nitrogens with zero attached hydrogens (tertiary/aromatic N) is 3. The topological polar surface area (TPSA) is 48.5 Å². The number of amides is 1. The third-order valence-electron chi connectivity index (χ3n) is 3.90. The molecule has 1 aliphatic heterocycles. The van der Waals surface area contributed by atoms with Crippen LogP contribution in [0, 0.1) is 0 Å². The van der Waals surface area contributed by atoms with Crippen molar-refractivity contribution in [2.45, 2.75) is 25.8 Å². The first kappa shape index (κ1) is 14.8. The van der Waals surface area contributed by atoms with Crippen LogP contribution in [-0.4, -0.2) is 60.5 Å². The fraction of sp³-hybridized carbons (Fsp3) is 0.600. The van der Waals surface area contributed by atoms with Crippen molar-refractivity contribution < 1.29 is 4.79 Å². The van der Waals surface area contributed by atoms with E-state index in [1.165, 1.54) is 0 Å². The summed E-state index contributed by atoms with van der Waals surface area (Å²) in [5.41, 5.74) is 0.673. The number of rotatable bonds is 3. The van der Waals surface area contributed by atoms with Crippen molar-refractivity contribution in [3.8, 4) is 0 Å². The highest BCUT2D eigenvalue weighted by atomic mass is 16.2. The number of carbonyl (C=O) groups is 1. The van der Waals surface area contributed by atoms with Gasteiger partial charge in [-0.2, -0.15) is 0 Å². The lowest BCUT2D eigenvalue weighted by Crippen LogP contribution is -2.43. The van der Waals surface area contributed by atoms with Crippen molar-refractivity contribution in [1.29, 1.82) is 0 Å². The quantitative estimate of drug-likeness (QED) is 0.912. The second kappa shape index (κ2) is 6.70. The molecule has 0 saturated carbocycles. The molecule has 1 fully saturated rings. The maximum atomic E-state index is 12.7. The maximum absolute atomic E-state index is 12.7. The summed E-state index contributed by atoms with van der Waals surface area (Å²) in [5.74, 6) is 0.881. The highest BCUT2D eigenvalue weighted by Crippen LogP contribution is 2.16. The molecule has 0 aliphatic carbocycles. The van der Waals surface area contributed by atoms with Crippen molar-refractivity contribution >= 4 is 11.7 Å². The lowest BCUT2D eigenvalue weighted by atomic mass is 10.1. The van der Waals surface area contributed by atoms with Crippen LogP contribution in [0.15, 0.2) is 18.3 Å². The molecular weight excluding hydrogens is 252 g/mol. The van der Waals surface area contributed by atoms with Gasteiger partial charge >= 0.3 is 0 Å². The highest BCUT2D eigenvalue weighted by molar-refractivity contribution is 5.94. The van der Waals surface area contributed by atoms with Gasteiger partial charge in [0, 0.05) is 32.4 Å². The van der Waals surface area contributed by atoms with Gasteiger partial charge in [0.05, 0.1) is 5.56 Å². The SMILES string of the molecule is CCC1CN(C)CCCN1C(=O)c1ccc(NC)nc1. The molecule has 5 nitrogen and oxygen atoms in total. The van der Waals surface area contributed by atoms with E-state index in [0.717, 1.165) is 38.3 Å². The van der Waals surface area contributed by atoms with E-state index in [1.54, 1.807) is 6.20 Å². The van der Waals surface area contributed by atoms with Gasteiger partial charge in [-0.3, -0.25) is 4.79 Å². The summed E-state index contributed by atoms with van der Waals surface area (Å²) < 4.78 is 0. The van der Waals surface area contributed by atoms with Crippen LogP contribution in [0.4, 0.5) is 5.82 Å². The van der Waals surface area contributed by atoms with E-state index in [4.69, 9.17) is 0 Å². The minimum absolute atomic E-state index is 0.0994. The van der Waals surface area contributed by atoms with Gasteiger partial charge in [0.2, 0.25) is 0 Å². The minimum atomic E-state index is 0.0994. The third kappa shape index (κ3) is 3.28. The monoisotopic (exact) mass is 276 g/mol. The van der Waals surface area contributed by atoms with Crippen LogP contribution in [-0.2, 0) is 0 Å². The van der Waals surface area contributed by atoms with Gasteiger partial charge < -0.3 is 15.1 Å².